The van der Waals surface area contributed by atoms with Gasteiger partial charge in [-0.05, 0) is 25.8 Å². The van der Waals surface area contributed by atoms with Gasteiger partial charge in [0.15, 0.2) is 0 Å². The number of rotatable bonds is 9. The first-order valence-corrected chi connectivity index (χ1v) is 9.07. The van der Waals surface area contributed by atoms with Crippen LogP contribution in [0.25, 0.3) is 0 Å². The van der Waals surface area contributed by atoms with Crippen molar-refractivity contribution in [2.75, 3.05) is 19.4 Å². The van der Waals surface area contributed by atoms with Gasteiger partial charge in [-0.3, -0.25) is 9.36 Å². The Labute approximate surface area is 126 Å². The molecule has 1 aromatic carbocycles. The van der Waals surface area contributed by atoms with Crippen molar-refractivity contribution < 1.29 is 18.6 Å². The molecule has 118 valence electrons. The lowest BCUT2D eigenvalue weighted by Gasteiger charge is -2.23. The Balaban J connectivity index is 2.86. The SMILES string of the molecule is CCOC(=O)[C@H](Cc1ccccc1)NP(=O)(CC)OCC. The molecule has 0 aliphatic rings. The van der Waals surface area contributed by atoms with Crippen LogP contribution in [-0.4, -0.2) is 31.4 Å². The van der Waals surface area contributed by atoms with Crippen LogP contribution < -0.4 is 5.09 Å². The molecule has 5 nitrogen and oxygen atoms in total. The van der Waals surface area contributed by atoms with Crippen molar-refractivity contribution in [1.82, 2.24) is 5.09 Å². The zero-order valence-corrected chi connectivity index (χ0v) is 13.8. The van der Waals surface area contributed by atoms with E-state index in [0.29, 0.717) is 19.2 Å². The summed E-state index contributed by atoms with van der Waals surface area (Å²) in [5, 5.41) is 2.87. The highest BCUT2D eigenvalue weighted by Gasteiger charge is 2.29. The second kappa shape index (κ2) is 8.98. The third kappa shape index (κ3) is 6.00. The second-order valence-electron chi connectivity index (χ2n) is 4.53. The molecule has 1 unspecified atom stereocenters. The van der Waals surface area contributed by atoms with Crippen LogP contribution in [0.1, 0.15) is 26.3 Å². The number of carbonyl (C=O) groups is 1. The third-order valence-electron chi connectivity index (χ3n) is 2.96. The van der Waals surface area contributed by atoms with Crippen molar-refractivity contribution in [2.24, 2.45) is 0 Å². The molecule has 0 amide bonds. The standard InChI is InChI=1S/C15H24NO4P/c1-4-19-15(17)14(12-13-10-8-7-9-11-13)16-21(18,6-3)20-5-2/h7-11,14H,4-6,12H2,1-3H3,(H,16,18)/t14-,21?/m0/s1. The molecule has 0 aromatic heterocycles. The minimum absolute atomic E-state index is 0.289. The Morgan fingerprint density at radius 2 is 1.86 bits per heavy atom. The van der Waals surface area contributed by atoms with Crippen LogP contribution in [0.2, 0.25) is 0 Å². The van der Waals surface area contributed by atoms with Crippen molar-refractivity contribution in [2.45, 2.75) is 33.2 Å². The fourth-order valence-electron chi connectivity index (χ4n) is 1.94. The monoisotopic (exact) mass is 313 g/mol. The lowest BCUT2D eigenvalue weighted by Crippen LogP contribution is -2.38. The van der Waals surface area contributed by atoms with Gasteiger partial charge in [-0.25, -0.2) is 5.09 Å². The van der Waals surface area contributed by atoms with E-state index in [1.807, 2.05) is 30.3 Å². The molecule has 0 aliphatic heterocycles. The summed E-state index contributed by atoms with van der Waals surface area (Å²) in [6, 6.07) is 8.88. The van der Waals surface area contributed by atoms with E-state index >= 15 is 0 Å². The van der Waals surface area contributed by atoms with Gasteiger partial charge >= 0.3 is 5.97 Å². The largest absolute Gasteiger partial charge is 0.465 e. The van der Waals surface area contributed by atoms with E-state index < -0.39 is 19.5 Å². The van der Waals surface area contributed by atoms with Crippen molar-refractivity contribution in [1.29, 1.82) is 0 Å². The molecule has 0 saturated heterocycles. The van der Waals surface area contributed by atoms with Crippen molar-refractivity contribution >= 4 is 13.5 Å². The van der Waals surface area contributed by atoms with Gasteiger partial charge in [0, 0.05) is 6.16 Å². The minimum atomic E-state index is -3.02. The highest BCUT2D eigenvalue weighted by atomic mass is 31.2. The van der Waals surface area contributed by atoms with Crippen molar-refractivity contribution in [3.63, 3.8) is 0 Å². The first kappa shape index (κ1) is 17.9. The fourth-order valence-corrected chi connectivity index (χ4v) is 3.47. The van der Waals surface area contributed by atoms with Crippen LogP contribution >= 0.6 is 7.52 Å². The van der Waals surface area contributed by atoms with Crippen molar-refractivity contribution in [3.05, 3.63) is 35.9 Å². The van der Waals surface area contributed by atoms with Crippen molar-refractivity contribution in [3.8, 4) is 0 Å². The summed E-state index contributed by atoms with van der Waals surface area (Å²) in [5.74, 6) is -0.408. The van der Waals surface area contributed by atoms with Crippen LogP contribution in [-0.2, 0) is 25.0 Å². The molecule has 0 bridgehead atoms. The minimum Gasteiger partial charge on any atom is -0.465 e. The summed E-state index contributed by atoms with van der Waals surface area (Å²) in [6.07, 6.45) is 0.738. The van der Waals surface area contributed by atoms with Crippen LogP contribution in [0.15, 0.2) is 30.3 Å². The van der Waals surface area contributed by atoms with Gasteiger partial charge in [-0.1, -0.05) is 37.3 Å². The van der Waals surface area contributed by atoms with Gasteiger partial charge in [0.2, 0.25) is 0 Å². The van der Waals surface area contributed by atoms with Crippen LogP contribution in [0.5, 0.6) is 0 Å². The Bertz CT molecular complexity index is 478. The first-order chi connectivity index (χ1) is 10.0. The predicted octanol–water partition coefficient (Wildman–Crippen LogP) is 3.00. The Morgan fingerprint density at radius 1 is 1.19 bits per heavy atom. The summed E-state index contributed by atoms with van der Waals surface area (Å²) in [6.45, 7) is 5.92. The molecule has 21 heavy (non-hydrogen) atoms. The van der Waals surface area contributed by atoms with E-state index in [4.69, 9.17) is 9.26 Å². The molecule has 0 spiro atoms. The van der Waals surface area contributed by atoms with E-state index in [0.717, 1.165) is 5.56 Å². The normalized spacial score (nSPS) is 15.2. The maximum Gasteiger partial charge on any atom is 0.323 e. The van der Waals surface area contributed by atoms with E-state index in [-0.39, 0.29) is 6.61 Å². The number of benzene rings is 1. The van der Waals surface area contributed by atoms with Gasteiger partial charge in [0.25, 0.3) is 7.52 Å². The molecule has 1 N–H and O–H groups in total. The Morgan fingerprint density at radius 3 is 2.38 bits per heavy atom. The van der Waals surface area contributed by atoms with E-state index in [2.05, 4.69) is 5.09 Å². The summed E-state index contributed by atoms with van der Waals surface area (Å²) < 4.78 is 22.9. The van der Waals surface area contributed by atoms with Gasteiger partial charge < -0.3 is 9.26 Å². The number of carbonyl (C=O) groups excluding carboxylic acids is 1. The molecule has 0 radical (unpaired) electrons. The third-order valence-corrected chi connectivity index (χ3v) is 5.17. The molecule has 1 aromatic rings. The molecule has 0 aliphatic carbocycles. The fraction of sp³-hybridized carbons (Fsp3) is 0.533. The smallest absolute Gasteiger partial charge is 0.323 e. The van der Waals surface area contributed by atoms with E-state index in [1.54, 1.807) is 20.8 Å². The zero-order chi connectivity index (χ0) is 15.7. The summed E-state index contributed by atoms with van der Waals surface area (Å²) in [5.41, 5.74) is 0.974. The van der Waals surface area contributed by atoms with Crippen LogP contribution in [0, 0.1) is 0 Å². The Hall–Kier alpha value is -1.16. The summed E-state index contributed by atoms with van der Waals surface area (Å²) in [7, 11) is -3.02. The molecule has 0 fully saturated rings. The van der Waals surface area contributed by atoms with Gasteiger partial charge in [-0.15, -0.1) is 0 Å². The quantitative estimate of drug-likeness (QED) is 0.561. The van der Waals surface area contributed by atoms with Crippen LogP contribution in [0.3, 0.4) is 0 Å². The van der Waals surface area contributed by atoms with Crippen LogP contribution in [0.4, 0.5) is 0 Å². The number of ether oxygens (including phenoxy) is 1. The predicted molar refractivity (Wildman–Crippen MR) is 83.5 cm³/mol. The average Bonchev–Trinajstić information content (AvgIpc) is 2.48. The van der Waals surface area contributed by atoms with Gasteiger partial charge in [0.1, 0.15) is 6.04 Å². The maximum absolute atomic E-state index is 12.6. The molecule has 0 saturated carbocycles. The number of hydrogen-bond donors (Lipinski definition) is 1. The average molecular weight is 313 g/mol. The molecule has 1 rings (SSSR count). The maximum atomic E-state index is 12.6. The number of hydrogen-bond acceptors (Lipinski definition) is 4. The summed E-state index contributed by atoms with van der Waals surface area (Å²) in [4.78, 5) is 12.1. The van der Waals surface area contributed by atoms with E-state index in [9.17, 15) is 9.36 Å². The molecule has 0 heterocycles. The molecular formula is C15H24NO4P. The lowest BCUT2D eigenvalue weighted by atomic mass is 10.1. The number of nitrogens with one attached hydrogen (secondary N) is 1. The Kier molecular flexibility index (Phi) is 7.65. The topological polar surface area (TPSA) is 64.6 Å². The molecule has 6 heteroatoms. The van der Waals surface area contributed by atoms with Gasteiger partial charge in [-0.2, -0.15) is 0 Å². The highest BCUT2D eigenvalue weighted by Crippen LogP contribution is 2.42. The first-order valence-electron chi connectivity index (χ1n) is 7.26. The molecular weight excluding hydrogens is 289 g/mol. The highest BCUT2D eigenvalue weighted by molar-refractivity contribution is 7.56. The second-order valence-corrected chi connectivity index (χ2v) is 7.03. The molecule has 2 atom stereocenters. The van der Waals surface area contributed by atoms with E-state index in [1.165, 1.54) is 0 Å². The lowest BCUT2D eigenvalue weighted by molar-refractivity contribution is -0.145. The summed E-state index contributed by atoms with van der Waals surface area (Å²) >= 11 is 0. The van der Waals surface area contributed by atoms with Gasteiger partial charge in [0.05, 0.1) is 13.2 Å². The number of esters is 1. The zero-order valence-electron chi connectivity index (χ0n) is 12.9.